The van der Waals surface area contributed by atoms with Crippen molar-refractivity contribution in [3.63, 3.8) is 0 Å². The van der Waals surface area contributed by atoms with Gasteiger partial charge in [-0.3, -0.25) is 4.98 Å². The van der Waals surface area contributed by atoms with Crippen LogP contribution < -0.4 is 0 Å². The lowest BCUT2D eigenvalue weighted by molar-refractivity contribution is 0.102. The van der Waals surface area contributed by atoms with Crippen LogP contribution in [0, 0.1) is 6.92 Å². The Morgan fingerprint density at radius 2 is 2.21 bits per heavy atom. The van der Waals surface area contributed by atoms with Gasteiger partial charge in [0.05, 0.1) is 18.9 Å². The minimum Gasteiger partial charge on any atom is -0.376 e. The minimum atomic E-state index is 0.580. The second-order valence-corrected chi connectivity index (χ2v) is 6.50. The molecule has 0 fully saturated rings. The van der Waals surface area contributed by atoms with E-state index in [0.717, 1.165) is 39.9 Å². The maximum atomic E-state index is 5.50. The van der Waals surface area contributed by atoms with E-state index in [-0.39, 0.29) is 0 Å². The van der Waals surface area contributed by atoms with E-state index in [4.69, 9.17) is 9.26 Å². The van der Waals surface area contributed by atoms with E-state index in [0.29, 0.717) is 24.8 Å². The predicted octanol–water partition coefficient (Wildman–Crippen LogP) is 3.20. The van der Waals surface area contributed by atoms with E-state index >= 15 is 0 Å². The minimum absolute atomic E-state index is 0.580. The molecular weight excluding hydrogens is 324 g/mol. The van der Waals surface area contributed by atoms with Gasteiger partial charge in [0.25, 0.3) is 0 Å². The Hall–Kier alpha value is -2.25. The largest absolute Gasteiger partial charge is 0.376 e. The van der Waals surface area contributed by atoms with Gasteiger partial charge in [-0.05, 0) is 25.1 Å². The van der Waals surface area contributed by atoms with Crippen molar-refractivity contribution in [2.24, 2.45) is 0 Å². The third kappa shape index (κ3) is 3.18. The fourth-order valence-electron chi connectivity index (χ4n) is 2.56. The monoisotopic (exact) mass is 340 g/mol. The fraction of sp³-hybridized carbons (Fsp3) is 0.294. The lowest BCUT2D eigenvalue weighted by atomic mass is 10.1. The van der Waals surface area contributed by atoms with Crippen LogP contribution >= 0.6 is 11.8 Å². The van der Waals surface area contributed by atoms with E-state index in [2.05, 4.69) is 20.1 Å². The third-order valence-corrected chi connectivity index (χ3v) is 4.67. The zero-order valence-corrected chi connectivity index (χ0v) is 14.0. The summed E-state index contributed by atoms with van der Waals surface area (Å²) in [4.78, 5) is 13.4. The number of aryl methyl sites for hydroxylation is 1. The maximum Gasteiger partial charge on any atom is 0.179 e. The number of thioether (sulfide) groups is 1. The van der Waals surface area contributed by atoms with Crippen LogP contribution in [0.4, 0.5) is 0 Å². The number of rotatable bonds is 4. The second kappa shape index (κ2) is 6.70. The first kappa shape index (κ1) is 15.3. The Kier molecular flexibility index (Phi) is 4.27. The van der Waals surface area contributed by atoms with Crippen molar-refractivity contribution >= 4 is 11.8 Å². The summed E-state index contributed by atoms with van der Waals surface area (Å²) in [7, 11) is 0. The normalized spacial score (nSPS) is 13.7. The number of pyridine rings is 1. The highest BCUT2D eigenvalue weighted by molar-refractivity contribution is 7.98. The van der Waals surface area contributed by atoms with Crippen LogP contribution in [0.3, 0.4) is 0 Å². The molecule has 6 nitrogen and oxygen atoms in total. The van der Waals surface area contributed by atoms with Crippen molar-refractivity contribution in [2.75, 3.05) is 6.61 Å². The Morgan fingerprint density at radius 1 is 1.25 bits per heavy atom. The quantitative estimate of drug-likeness (QED) is 0.533. The molecule has 1 aliphatic heterocycles. The van der Waals surface area contributed by atoms with Gasteiger partial charge in [-0.1, -0.05) is 23.0 Å². The lowest BCUT2D eigenvalue weighted by Gasteiger charge is -2.10. The molecule has 0 bridgehead atoms. The molecule has 122 valence electrons. The summed E-state index contributed by atoms with van der Waals surface area (Å²) >= 11 is 1.62. The summed E-state index contributed by atoms with van der Waals surface area (Å²) in [6.07, 6.45) is 2.54. The van der Waals surface area contributed by atoms with Gasteiger partial charge in [-0.15, -0.1) is 0 Å². The highest BCUT2D eigenvalue weighted by Gasteiger charge is 2.20. The number of hydrogen-bond donors (Lipinski definition) is 0. The third-order valence-electron chi connectivity index (χ3n) is 3.75. The molecule has 0 spiro atoms. The molecule has 0 aromatic carbocycles. The molecule has 7 heteroatoms. The lowest BCUT2D eigenvalue weighted by Crippen LogP contribution is -2.08. The Labute approximate surface area is 143 Å². The number of nitrogens with zero attached hydrogens (tertiary/aromatic N) is 4. The summed E-state index contributed by atoms with van der Waals surface area (Å²) in [6.45, 7) is 3.24. The van der Waals surface area contributed by atoms with Gasteiger partial charge in [-0.25, -0.2) is 9.97 Å². The van der Waals surface area contributed by atoms with Crippen LogP contribution in [0.1, 0.15) is 22.7 Å². The summed E-state index contributed by atoms with van der Waals surface area (Å²) in [5, 5.41) is 5.08. The number of hydrogen-bond acceptors (Lipinski definition) is 7. The fourth-order valence-corrected chi connectivity index (χ4v) is 3.48. The number of ether oxygens (including phenoxy) is 1. The Bertz CT molecular complexity index is 851. The molecule has 0 amide bonds. The van der Waals surface area contributed by atoms with Gasteiger partial charge >= 0.3 is 0 Å². The molecule has 0 radical (unpaired) electrons. The SMILES string of the molecule is Cc1cc(SCc2noc3c2COCC3)nc(-c2ccccn2)n1. The molecule has 4 rings (SSSR count). The molecule has 0 saturated heterocycles. The van der Waals surface area contributed by atoms with Gasteiger partial charge < -0.3 is 9.26 Å². The summed E-state index contributed by atoms with van der Waals surface area (Å²) in [5.41, 5.74) is 3.71. The number of fused-ring (bicyclic) bond motifs is 1. The number of aromatic nitrogens is 4. The van der Waals surface area contributed by atoms with Gasteiger partial charge in [0.2, 0.25) is 0 Å². The van der Waals surface area contributed by atoms with Crippen LogP contribution in [-0.2, 0) is 23.5 Å². The van der Waals surface area contributed by atoms with Crippen molar-refractivity contribution in [1.29, 1.82) is 0 Å². The smallest absolute Gasteiger partial charge is 0.179 e. The molecule has 1 aliphatic rings. The molecule has 3 aromatic heterocycles. The summed E-state index contributed by atoms with van der Waals surface area (Å²) in [6, 6.07) is 7.70. The van der Waals surface area contributed by atoms with Crippen molar-refractivity contribution in [3.05, 3.63) is 53.2 Å². The van der Waals surface area contributed by atoms with E-state index in [1.54, 1.807) is 18.0 Å². The molecule has 0 saturated carbocycles. The molecule has 0 aliphatic carbocycles. The molecule has 4 heterocycles. The van der Waals surface area contributed by atoms with E-state index in [9.17, 15) is 0 Å². The second-order valence-electron chi connectivity index (χ2n) is 5.51. The first-order valence-electron chi connectivity index (χ1n) is 7.73. The van der Waals surface area contributed by atoms with Gasteiger partial charge in [0, 0.05) is 29.6 Å². The van der Waals surface area contributed by atoms with Crippen molar-refractivity contribution in [2.45, 2.75) is 30.7 Å². The highest BCUT2D eigenvalue weighted by atomic mass is 32.2. The van der Waals surface area contributed by atoms with Gasteiger partial charge in [0.1, 0.15) is 16.5 Å². The first-order chi connectivity index (χ1) is 11.8. The van der Waals surface area contributed by atoms with Crippen LogP contribution in [0.15, 0.2) is 40.0 Å². The average molecular weight is 340 g/mol. The Balaban J connectivity index is 1.55. The van der Waals surface area contributed by atoms with E-state index < -0.39 is 0 Å². The van der Waals surface area contributed by atoms with Crippen molar-refractivity contribution < 1.29 is 9.26 Å². The zero-order chi connectivity index (χ0) is 16.4. The van der Waals surface area contributed by atoms with Gasteiger partial charge in [0.15, 0.2) is 5.82 Å². The summed E-state index contributed by atoms with van der Waals surface area (Å²) in [5.74, 6) is 2.29. The molecule has 0 unspecified atom stereocenters. The molecule has 0 atom stereocenters. The summed E-state index contributed by atoms with van der Waals surface area (Å²) < 4.78 is 10.9. The maximum absolute atomic E-state index is 5.50. The van der Waals surface area contributed by atoms with Crippen molar-refractivity contribution in [1.82, 2.24) is 20.1 Å². The predicted molar refractivity (Wildman–Crippen MR) is 89.4 cm³/mol. The average Bonchev–Trinajstić information content (AvgIpc) is 3.03. The van der Waals surface area contributed by atoms with E-state index in [1.807, 2.05) is 31.2 Å². The van der Waals surface area contributed by atoms with Crippen LogP contribution in [0.25, 0.3) is 11.5 Å². The molecule has 3 aromatic rings. The van der Waals surface area contributed by atoms with E-state index in [1.165, 1.54) is 0 Å². The Morgan fingerprint density at radius 3 is 3.08 bits per heavy atom. The van der Waals surface area contributed by atoms with Crippen molar-refractivity contribution in [3.8, 4) is 11.5 Å². The van der Waals surface area contributed by atoms with Crippen LogP contribution in [-0.4, -0.2) is 26.7 Å². The highest BCUT2D eigenvalue weighted by Crippen LogP contribution is 2.28. The molecule has 0 N–H and O–H groups in total. The standard InChI is InChI=1S/C17H16N4O2S/c1-11-8-16(20-17(19-11)13-4-2-3-6-18-13)24-10-14-12-9-22-7-5-15(12)23-21-14/h2-4,6,8H,5,7,9-10H2,1H3. The molecule has 24 heavy (non-hydrogen) atoms. The van der Waals surface area contributed by atoms with Gasteiger partial charge in [-0.2, -0.15) is 0 Å². The van der Waals surface area contributed by atoms with Crippen LogP contribution in [0.2, 0.25) is 0 Å². The topological polar surface area (TPSA) is 73.9 Å². The zero-order valence-electron chi connectivity index (χ0n) is 13.2. The van der Waals surface area contributed by atoms with Crippen LogP contribution in [0.5, 0.6) is 0 Å². The first-order valence-corrected chi connectivity index (χ1v) is 8.72. The molecular formula is C17H16N4O2S.